The summed E-state index contributed by atoms with van der Waals surface area (Å²) in [6.45, 7) is 9.86. The van der Waals surface area contributed by atoms with Crippen LogP contribution in [0.5, 0.6) is 6.01 Å². The van der Waals surface area contributed by atoms with Crippen LogP contribution in [0.25, 0.3) is 0 Å². The van der Waals surface area contributed by atoms with Crippen molar-refractivity contribution < 1.29 is 4.74 Å². The van der Waals surface area contributed by atoms with Gasteiger partial charge in [0.05, 0.1) is 6.61 Å². The lowest BCUT2D eigenvalue weighted by molar-refractivity contribution is 0.292. The molecule has 0 fully saturated rings. The van der Waals surface area contributed by atoms with E-state index in [4.69, 9.17) is 10.6 Å². The molecule has 4 N–H and O–H groups in total. The maximum absolute atomic E-state index is 5.40. The Hall–Kier alpha value is -1.63. The highest BCUT2D eigenvalue weighted by Gasteiger charge is 2.16. The van der Waals surface area contributed by atoms with Gasteiger partial charge in [-0.3, -0.25) is 5.43 Å². The number of hydrogen-bond acceptors (Lipinski definition) is 7. The van der Waals surface area contributed by atoms with Crippen molar-refractivity contribution >= 4 is 11.9 Å². The fraction of sp³-hybridized carbons (Fsp3) is 0.750. The quantitative estimate of drug-likeness (QED) is 0.488. The molecule has 0 aliphatic heterocycles. The van der Waals surface area contributed by atoms with Crippen molar-refractivity contribution in [3.05, 3.63) is 0 Å². The van der Waals surface area contributed by atoms with Crippen molar-refractivity contribution in [3.63, 3.8) is 0 Å². The van der Waals surface area contributed by atoms with Gasteiger partial charge in [-0.25, -0.2) is 5.84 Å². The lowest BCUT2D eigenvalue weighted by Crippen LogP contribution is -2.23. The van der Waals surface area contributed by atoms with Gasteiger partial charge in [0.15, 0.2) is 0 Å². The van der Waals surface area contributed by atoms with E-state index < -0.39 is 0 Å². The van der Waals surface area contributed by atoms with E-state index in [2.05, 4.69) is 46.5 Å². The number of nitrogen functional groups attached to an aromatic ring is 1. The largest absolute Gasteiger partial charge is 0.463 e. The van der Waals surface area contributed by atoms with Gasteiger partial charge >= 0.3 is 6.01 Å². The minimum absolute atomic E-state index is 0.174. The van der Waals surface area contributed by atoms with Crippen LogP contribution in [0.2, 0.25) is 0 Å². The number of nitrogens with zero attached hydrogens (tertiary/aromatic N) is 3. The highest BCUT2D eigenvalue weighted by molar-refractivity contribution is 5.35. The van der Waals surface area contributed by atoms with Crippen LogP contribution in [-0.2, 0) is 0 Å². The standard InChI is InChI=1S/C12H24N6O/c1-5-7-19-11-16-9(15-10(17-11)18-13)14-8-12(3,4)6-2/h5-8,13H2,1-4H3,(H2,14,15,16,17,18). The first-order valence-corrected chi connectivity index (χ1v) is 6.60. The summed E-state index contributed by atoms with van der Waals surface area (Å²) in [5.74, 6) is 6.10. The number of anilines is 2. The van der Waals surface area contributed by atoms with Crippen molar-refractivity contribution in [2.45, 2.75) is 40.5 Å². The predicted octanol–water partition coefficient (Wildman–Crippen LogP) is 1.79. The number of ether oxygens (including phenoxy) is 1. The first kappa shape index (κ1) is 15.4. The Morgan fingerprint density at radius 2 is 1.84 bits per heavy atom. The van der Waals surface area contributed by atoms with Crippen molar-refractivity contribution in [1.82, 2.24) is 15.0 Å². The van der Waals surface area contributed by atoms with Crippen molar-refractivity contribution in [2.24, 2.45) is 11.3 Å². The molecule has 108 valence electrons. The molecule has 0 spiro atoms. The number of nitrogens with one attached hydrogen (secondary N) is 2. The lowest BCUT2D eigenvalue weighted by Gasteiger charge is -2.22. The SMILES string of the molecule is CCCOc1nc(NN)nc(NCC(C)(C)CC)n1. The zero-order chi connectivity index (χ0) is 14.3. The van der Waals surface area contributed by atoms with E-state index in [1.807, 2.05) is 6.92 Å². The summed E-state index contributed by atoms with van der Waals surface area (Å²) in [5.41, 5.74) is 2.59. The van der Waals surface area contributed by atoms with Crippen LogP contribution in [0.4, 0.5) is 11.9 Å². The van der Waals surface area contributed by atoms with E-state index in [1.165, 1.54) is 0 Å². The molecule has 0 aliphatic rings. The average Bonchev–Trinajstić information content (AvgIpc) is 2.42. The molecule has 0 saturated heterocycles. The van der Waals surface area contributed by atoms with Crippen LogP contribution >= 0.6 is 0 Å². The highest BCUT2D eigenvalue weighted by Crippen LogP contribution is 2.20. The van der Waals surface area contributed by atoms with E-state index >= 15 is 0 Å². The minimum atomic E-state index is 0.174. The second-order valence-corrected chi connectivity index (χ2v) is 5.13. The lowest BCUT2D eigenvalue weighted by atomic mass is 9.90. The Morgan fingerprint density at radius 3 is 2.42 bits per heavy atom. The highest BCUT2D eigenvalue weighted by atomic mass is 16.5. The van der Waals surface area contributed by atoms with E-state index in [0.717, 1.165) is 19.4 Å². The van der Waals surface area contributed by atoms with Gasteiger partial charge in [0, 0.05) is 6.54 Å². The molecule has 0 saturated carbocycles. The zero-order valence-corrected chi connectivity index (χ0v) is 12.2. The first-order chi connectivity index (χ1) is 9.00. The van der Waals surface area contributed by atoms with Crippen LogP contribution in [0.3, 0.4) is 0 Å². The molecular weight excluding hydrogens is 244 g/mol. The molecule has 19 heavy (non-hydrogen) atoms. The van der Waals surface area contributed by atoms with E-state index in [0.29, 0.717) is 12.6 Å². The van der Waals surface area contributed by atoms with Crippen LogP contribution in [0, 0.1) is 5.41 Å². The molecule has 1 aromatic rings. The predicted molar refractivity (Wildman–Crippen MR) is 76.0 cm³/mol. The molecule has 0 aliphatic carbocycles. The normalized spacial score (nSPS) is 11.2. The molecule has 7 nitrogen and oxygen atoms in total. The topological polar surface area (TPSA) is 98.0 Å². The maximum Gasteiger partial charge on any atom is 0.323 e. The monoisotopic (exact) mass is 268 g/mol. The third-order valence-electron chi connectivity index (χ3n) is 2.86. The average molecular weight is 268 g/mol. The Kier molecular flexibility index (Phi) is 5.75. The summed E-state index contributed by atoms with van der Waals surface area (Å²) in [4.78, 5) is 12.4. The minimum Gasteiger partial charge on any atom is -0.463 e. The zero-order valence-electron chi connectivity index (χ0n) is 12.2. The summed E-state index contributed by atoms with van der Waals surface area (Å²) >= 11 is 0. The molecule has 0 aromatic carbocycles. The molecule has 1 rings (SSSR count). The van der Waals surface area contributed by atoms with Crippen LogP contribution < -0.4 is 21.3 Å². The van der Waals surface area contributed by atoms with Gasteiger partial charge in [-0.05, 0) is 18.3 Å². The van der Waals surface area contributed by atoms with Gasteiger partial charge in [-0.15, -0.1) is 0 Å². The van der Waals surface area contributed by atoms with Crippen LogP contribution in [0.15, 0.2) is 0 Å². The Labute approximate surface area is 114 Å². The maximum atomic E-state index is 5.40. The summed E-state index contributed by atoms with van der Waals surface area (Å²) in [6.07, 6.45) is 1.95. The Balaban J connectivity index is 2.76. The van der Waals surface area contributed by atoms with Gasteiger partial charge in [0.25, 0.3) is 0 Å². The Morgan fingerprint density at radius 1 is 1.16 bits per heavy atom. The van der Waals surface area contributed by atoms with Gasteiger partial charge in [-0.1, -0.05) is 27.7 Å². The number of hydrazine groups is 1. The van der Waals surface area contributed by atoms with E-state index in [9.17, 15) is 0 Å². The summed E-state index contributed by atoms with van der Waals surface area (Å²) in [5, 5.41) is 3.19. The molecule has 0 bridgehead atoms. The van der Waals surface area contributed by atoms with Crippen LogP contribution in [-0.4, -0.2) is 28.1 Å². The number of rotatable bonds is 8. The third-order valence-corrected chi connectivity index (χ3v) is 2.86. The van der Waals surface area contributed by atoms with Crippen molar-refractivity contribution in [3.8, 4) is 6.01 Å². The van der Waals surface area contributed by atoms with Gasteiger partial charge in [-0.2, -0.15) is 15.0 Å². The van der Waals surface area contributed by atoms with Crippen LogP contribution in [0.1, 0.15) is 40.5 Å². The van der Waals surface area contributed by atoms with Gasteiger partial charge in [0.2, 0.25) is 11.9 Å². The first-order valence-electron chi connectivity index (χ1n) is 6.60. The molecule has 0 atom stereocenters. The smallest absolute Gasteiger partial charge is 0.323 e. The molecule has 1 aromatic heterocycles. The molecule has 0 unspecified atom stereocenters. The fourth-order valence-corrected chi connectivity index (χ4v) is 1.20. The fourth-order valence-electron chi connectivity index (χ4n) is 1.20. The summed E-state index contributed by atoms with van der Waals surface area (Å²) in [6, 6.07) is 0.279. The second-order valence-electron chi connectivity index (χ2n) is 5.13. The molecule has 7 heteroatoms. The number of aromatic nitrogens is 3. The Bertz CT molecular complexity index is 396. The van der Waals surface area contributed by atoms with Gasteiger partial charge < -0.3 is 10.1 Å². The number of hydrogen-bond donors (Lipinski definition) is 3. The molecule has 0 radical (unpaired) electrons. The second kappa shape index (κ2) is 7.08. The van der Waals surface area contributed by atoms with E-state index in [1.54, 1.807) is 0 Å². The molecule has 1 heterocycles. The van der Waals surface area contributed by atoms with Crippen molar-refractivity contribution in [1.29, 1.82) is 0 Å². The summed E-state index contributed by atoms with van der Waals surface area (Å²) in [7, 11) is 0. The van der Waals surface area contributed by atoms with Crippen molar-refractivity contribution in [2.75, 3.05) is 23.9 Å². The van der Waals surface area contributed by atoms with E-state index in [-0.39, 0.29) is 17.4 Å². The van der Waals surface area contributed by atoms with Gasteiger partial charge in [0.1, 0.15) is 0 Å². The molecular formula is C12H24N6O. The number of nitrogens with two attached hydrogens (primary N) is 1. The molecule has 0 amide bonds. The third kappa shape index (κ3) is 5.25. The summed E-state index contributed by atoms with van der Waals surface area (Å²) < 4.78 is 5.40.